The van der Waals surface area contributed by atoms with Crippen LogP contribution in [0.5, 0.6) is 0 Å². The van der Waals surface area contributed by atoms with Gasteiger partial charge in [-0.05, 0) is 41.1 Å². The molecular formula is C20H13F3N4O3S. The molecule has 1 aromatic heterocycles. The molecule has 2 N–H and O–H groups in total. The van der Waals surface area contributed by atoms with Gasteiger partial charge in [-0.25, -0.2) is 18.2 Å². The van der Waals surface area contributed by atoms with Crippen molar-refractivity contribution in [2.45, 2.75) is 11.1 Å². The van der Waals surface area contributed by atoms with E-state index in [4.69, 9.17) is 5.14 Å². The van der Waals surface area contributed by atoms with Crippen LogP contribution in [0.25, 0.3) is 16.5 Å². The van der Waals surface area contributed by atoms with Crippen LogP contribution in [-0.2, 0) is 16.2 Å². The Hall–Kier alpha value is -3.57. The maximum Gasteiger partial charge on any atom is 0.435 e. The highest BCUT2D eigenvalue weighted by atomic mass is 32.2. The molecule has 11 heteroatoms. The standard InChI is InChI=1S/C20H13F3N4O3S/c21-20(22,23)19-17(18(28)14-6-5-12-3-1-2-4-13(12)11-14)25-26-27(19)15-7-9-16(10-8-15)31(24,29)30/h1-11H,(H2,24,29,30). The van der Waals surface area contributed by atoms with Crippen LogP contribution in [-0.4, -0.2) is 29.2 Å². The van der Waals surface area contributed by atoms with Crippen molar-refractivity contribution < 1.29 is 26.4 Å². The van der Waals surface area contributed by atoms with Crippen LogP contribution in [0.4, 0.5) is 13.2 Å². The van der Waals surface area contributed by atoms with Crippen LogP contribution in [0.15, 0.2) is 71.6 Å². The second-order valence-corrected chi connectivity index (χ2v) is 8.19. The van der Waals surface area contributed by atoms with Gasteiger partial charge in [-0.1, -0.05) is 41.6 Å². The third-order valence-corrected chi connectivity index (χ3v) is 5.50. The number of nitrogens with two attached hydrogens (primary N) is 1. The van der Waals surface area contributed by atoms with Gasteiger partial charge in [0.2, 0.25) is 15.8 Å². The normalized spacial score (nSPS) is 12.3. The molecule has 0 saturated heterocycles. The fourth-order valence-corrected chi connectivity index (χ4v) is 3.63. The average molecular weight is 446 g/mol. The molecular weight excluding hydrogens is 433 g/mol. The van der Waals surface area contributed by atoms with Gasteiger partial charge >= 0.3 is 6.18 Å². The predicted molar refractivity (Wildman–Crippen MR) is 105 cm³/mol. The molecule has 0 atom stereocenters. The average Bonchev–Trinajstić information content (AvgIpc) is 3.18. The number of hydrogen-bond acceptors (Lipinski definition) is 5. The lowest BCUT2D eigenvalue weighted by atomic mass is 10.0. The Morgan fingerprint density at radius 3 is 2.19 bits per heavy atom. The van der Waals surface area contributed by atoms with Crippen molar-refractivity contribution in [1.29, 1.82) is 0 Å². The molecule has 0 bridgehead atoms. The summed E-state index contributed by atoms with van der Waals surface area (Å²) in [5, 5.41) is 13.5. The fourth-order valence-electron chi connectivity index (χ4n) is 3.11. The number of aromatic nitrogens is 3. The van der Waals surface area contributed by atoms with Gasteiger partial charge in [0, 0.05) is 5.56 Å². The van der Waals surface area contributed by atoms with Gasteiger partial charge in [0.1, 0.15) is 0 Å². The van der Waals surface area contributed by atoms with E-state index in [0.29, 0.717) is 10.1 Å². The lowest BCUT2D eigenvalue weighted by Gasteiger charge is -2.11. The Balaban J connectivity index is 1.82. The first-order valence-corrected chi connectivity index (χ1v) is 10.3. The van der Waals surface area contributed by atoms with E-state index < -0.39 is 33.4 Å². The molecule has 0 radical (unpaired) electrons. The molecule has 0 fully saturated rings. The zero-order valence-electron chi connectivity index (χ0n) is 15.5. The number of alkyl halides is 3. The number of primary sulfonamides is 1. The Morgan fingerprint density at radius 2 is 1.58 bits per heavy atom. The number of hydrogen-bond donors (Lipinski definition) is 1. The molecule has 0 unspecified atom stereocenters. The number of carbonyl (C=O) groups is 1. The predicted octanol–water partition coefficient (Wildman–Crippen LogP) is 3.32. The van der Waals surface area contributed by atoms with Crippen LogP contribution >= 0.6 is 0 Å². The summed E-state index contributed by atoms with van der Waals surface area (Å²) in [6.45, 7) is 0. The molecule has 1 heterocycles. The van der Waals surface area contributed by atoms with Crippen molar-refractivity contribution in [3.8, 4) is 5.69 Å². The zero-order valence-corrected chi connectivity index (χ0v) is 16.4. The van der Waals surface area contributed by atoms with Crippen molar-refractivity contribution in [1.82, 2.24) is 15.0 Å². The second-order valence-electron chi connectivity index (χ2n) is 6.63. The van der Waals surface area contributed by atoms with Crippen LogP contribution in [0.3, 0.4) is 0 Å². The first-order valence-electron chi connectivity index (χ1n) is 8.75. The molecule has 0 saturated carbocycles. The first kappa shape index (κ1) is 20.7. The van der Waals surface area contributed by atoms with E-state index in [0.717, 1.165) is 29.7 Å². The molecule has 4 rings (SSSR count). The number of halogens is 3. The fraction of sp³-hybridized carbons (Fsp3) is 0.0500. The number of benzene rings is 3. The van der Waals surface area contributed by atoms with Crippen LogP contribution < -0.4 is 5.14 Å². The molecule has 3 aromatic carbocycles. The highest BCUT2D eigenvalue weighted by Crippen LogP contribution is 2.34. The summed E-state index contributed by atoms with van der Waals surface area (Å²) >= 11 is 0. The summed E-state index contributed by atoms with van der Waals surface area (Å²) in [5.41, 5.74) is -2.34. The summed E-state index contributed by atoms with van der Waals surface area (Å²) in [6.07, 6.45) is -4.95. The van der Waals surface area contributed by atoms with Crippen molar-refractivity contribution >= 4 is 26.6 Å². The number of ketones is 1. The van der Waals surface area contributed by atoms with E-state index >= 15 is 0 Å². The van der Waals surface area contributed by atoms with Gasteiger partial charge < -0.3 is 0 Å². The number of rotatable bonds is 4. The third-order valence-electron chi connectivity index (χ3n) is 4.58. The van der Waals surface area contributed by atoms with E-state index in [9.17, 15) is 26.4 Å². The second kappa shape index (κ2) is 7.29. The van der Waals surface area contributed by atoms with Crippen molar-refractivity contribution in [3.63, 3.8) is 0 Å². The van der Waals surface area contributed by atoms with Gasteiger partial charge in [0.15, 0.2) is 11.4 Å². The smallest absolute Gasteiger partial charge is 0.287 e. The Kier molecular flexibility index (Phi) is 4.86. The third kappa shape index (κ3) is 3.92. The minimum atomic E-state index is -4.95. The molecule has 7 nitrogen and oxygen atoms in total. The maximum absolute atomic E-state index is 13.9. The monoisotopic (exact) mass is 446 g/mol. The molecule has 158 valence electrons. The van der Waals surface area contributed by atoms with Crippen molar-refractivity contribution in [3.05, 3.63) is 83.7 Å². The highest BCUT2D eigenvalue weighted by Gasteiger charge is 2.42. The van der Waals surface area contributed by atoms with Crippen LogP contribution in [0.1, 0.15) is 21.7 Å². The van der Waals surface area contributed by atoms with Gasteiger partial charge in [0.25, 0.3) is 0 Å². The Bertz CT molecular complexity index is 1410. The highest BCUT2D eigenvalue weighted by molar-refractivity contribution is 7.89. The topological polar surface area (TPSA) is 108 Å². The van der Waals surface area contributed by atoms with E-state index in [1.54, 1.807) is 24.3 Å². The number of nitrogens with zero attached hydrogens (tertiary/aromatic N) is 3. The lowest BCUT2D eigenvalue weighted by molar-refractivity contribution is -0.143. The van der Waals surface area contributed by atoms with Gasteiger partial charge in [-0.3, -0.25) is 4.79 Å². The Morgan fingerprint density at radius 1 is 0.935 bits per heavy atom. The first-order chi connectivity index (χ1) is 14.6. The van der Waals surface area contributed by atoms with Crippen LogP contribution in [0, 0.1) is 0 Å². The van der Waals surface area contributed by atoms with Crippen LogP contribution in [0.2, 0.25) is 0 Å². The number of sulfonamides is 1. The van der Waals surface area contributed by atoms with E-state index in [2.05, 4.69) is 10.3 Å². The summed E-state index contributed by atoms with van der Waals surface area (Å²) in [6, 6.07) is 15.9. The van der Waals surface area contributed by atoms with Crippen molar-refractivity contribution in [2.24, 2.45) is 5.14 Å². The molecule has 0 spiro atoms. The minimum absolute atomic E-state index is 0.0285. The Labute approximate surface area is 174 Å². The number of carbonyl (C=O) groups excluding carboxylic acids is 1. The van der Waals surface area contributed by atoms with Gasteiger partial charge in [0.05, 0.1) is 10.6 Å². The molecule has 0 aliphatic heterocycles. The summed E-state index contributed by atoms with van der Waals surface area (Å²) in [4.78, 5) is 12.6. The summed E-state index contributed by atoms with van der Waals surface area (Å²) in [7, 11) is -4.02. The minimum Gasteiger partial charge on any atom is -0.287 e. The van der Waals surface area contributed by atoms with E-state index in [1.807, 2.05) is 6.07 Å². The molecule has 4 aromatic rings. The van der Waals surface area contributed by atoms with Gasteiger partial charge in [-0.2, -0.15) is 13.2 Å². The van der Waals surface area contributed by atoms with Gasteiger partial charge in [-0.15, -0.1) is 5.10 Å². The SMILES string of the molecule is NS(=O)(=O)c1ccc(-n2nnc(C(=O)c3ccc4ccccc4c3)c2C(F)(F)F)cc1. The molecule has 0 aliphatic carbocycles. The van der Waals surface area contributed by atoms with E-state index in [-0.39, 0.29) is 16.1 Å². The molecule has 0 amide bonds. The van der Waals surface area contributed by atoms with E-state index in [1.165, 1.54) is 12.1 Å². The molecule has 31 heavy (non-hydrogen) atoms. The number of fused-ring (bicyclic) bond motifs is 1. The zero-order chi connectivity index (χ0) is 22.4. The molecule has 0 aliphatic rings. The lowest BCUT2D eigenvalue weighted by Crippen LogP contribution is -2.18. The quantitative estimate of drug-likeness (QED) is 0.484. The maximum atomic E-state index is 13.9. The van der Waals surface area contributed by atoms with Crippen molar-refractivity contribution in [2.75, 3.05) is 0 Å². The summed E-state index contributed by atoms with van der Waals surface area (Å²) in [5.74, 6) is -0.939. The summed E-state index contributed by atoms with van der Waals surface area (Å²) < 4.78 is 64.8. The largest absolute Gasteiger partial charge is 0.435 e.